The van der Waals surface area contributed by atoms with Crippen molar-refractivity contribution in [1.82, 2.24) is 15.1 Å². The maximum atomic E-state index is 12.1. The predicted octanol–water partition coefficient (Wildman–Crippen LogP) is 0.0834. The van der Waals surface area contributed by atoms with Gasteiger partial charge in [-0.05, 0) is 25.8 Å². The third-order valence-corrected chi connectivity index (χ3v) is 4.36. The highest BCUT2D eigenvalue weighted by Gasteiger charge is 2.27. The lowest BCUT2D eigenvalue weighted by Gasteiger charge is -2.26. The summed E-state index contributed by atoms with van der Waals surface area (Å²) in [7, 11) is 1.70. The molecule has 0 aliphatic carbocycles. The van der Waals surface area contributed by atoms with E-state index in [1.165, 1.54) is 0 Å². The molecule has 2 aliphatic rings. The van der Waals surface area contributed by atoms with Gasteiger partial charge in [0.1, 0.15) is 0 Å². The number of hydrogen-bond donors (Lipinski definition) is 1. The highest BCUT2D eigenvalue weighted by molar-refractivity contribution is 5.79. The lowest BCUT2D eigenvalue weighted by molar-refractivity contribution is -0.133. The van der Waals surface area contributed by atoms with Crippen LogP contribution >= 0.6 is 0 Å². The Morgan fingerprint density at radius 2 is 2.19 bits per heavy atom. The second-order valence-electron chi connectivity index (χ2n) is 5.91. The van der Waals surface area contributed by atoms with Crippen LogP contribution in [0, 0.1) is 5.92 Å². The summed E-state index contributed by atoms with van der Waals surface area (Å²) >= 11 is 0. The standard InChI is InChI=1S/C15H27N3O3/c1-21-11-10-17-8-5-13(12-17)15(20)16-6-9-18-7-3-2-4-14(18)19/h13H,2-12H2,1H3,(H,16,20). The summed E-state index contributed by atoms with van der Waals surface area (Å²) in [5, 5.41) is 2.98. The van der Waals surface area contributed by atoms with Crippen LogP contribution in [-0.2, 0) is 14.3 Å². The molecule has 2 aliphatic heterocycles. The summed E-state index contributed by atoms with van der Waals surface area (Å²) in [6, 6.07) is 0. The number of ether oxygens (including phenoxy) is 1. The number of hydrogen-bond acceptors (Lipinski definition) is 4. The molecular formula is C15H27N3O3. The lowest BCUT2D eigenvalue weighted by Crippen LogP contribution is -2.42. The molecular weight excluding hydrogens is 270 g/mol. The summed E-state index contributed by atoms with van der Waals surface area (Å²) in [6.45, 7) is 5.44. The molecule has 1 unspecified atom stereocenters. The molecule has 0 aromatic rings. The van der Waals surface area contributed by atoms with Crippen LogP contribution in [0.15, 0.2) is 0 Å². The van der Waals surface area contributed by atoms with E-state index in [1.54, 1.807) is 7.11 Å². The molecule has 0 spiro atoms. The van der Waals surface area contributed by atoms with Gasteiger partial charge in [-0.25, -0.2) is 0 Å². The minimum Gasteiger partial charge on any atom is -0.383 e. The van der Waals surface area contributed by atoms with Crippen molar-refractivity contribution in [3.8, 4) is 0 Å². The van der Waals surface area contributed by atoms with Gasteiger partial charge in [0.15, 0.2) is 0 Å². The molecule has 0 bridgehead atoms. The fourth-order valence-electron chi connectivity index (χ4n) is 3.03. The normalized spacial score (nSPS) is 23.6. The van der Waals surface area contributed by atoms with Crippen molar-refractivity contribution >= 4 is 11.8 Å². The molecule has 6 heteroatoms. The van der Waals surface area contributed by atoms with Gasteiger partial charge in [0.2, 0.25) is 11.8 Å². The average molecular weight is 297 g/mol. The van der Waals surface area contributed by atoms with E-state index in [2.05, 4.69) is 10.2 Å². The molecule has 1 atom stereocenters. The molecule has 1 N–H and O–H groups in total. The Labute approximate surface area is 126 Å². The van der Waals surface area contributed by atoms with Crippen LogP contribution in [0.25, 0.3) is 0 Å². The van der Waals surface area contributed by atoms with E-state index in [9.17, 15) is 9.59 Å². The van der Waals surface area contributed by atoms with Gasteiger partial charge in [-0.15, -0.1) is 0 Å². The quantitative estimate of drug-likeness (QED) is 0.723. The number of carbonyl (C=O) groups excluding carboxylic acids is 2. The van der Waals surface area contributed by atoms with E-state index in [0.29, 0.717) is 26.1 Å². The van der Waals surface area contributed by atoms with Crippen LogP contribution in [0.3, 0.4) is 0 Å². The fourth-order valence-corrected chi connectivity index (χ4v) is 3.03. The van der Waals surface area contributed by atoms with Crippen LogP contribution in [0.2, 0.25) is 0 Å². The van der Waals surface area contributed by atoms with Gasteiger partial charge in [-0.3, -0.25) is 9.59 Å². The van der Waals surface area contributed by atoms with Crippen molar-refractivity contribution in [2.45, 2.75) is 25.7 Å². The Morgan fingerprint density at radius 1 is 1.33 bits per heavy atom. The molecule has 2 rings (SSSR count). The third kappa shape index (κ3) is 4.97. The predicted molar refractivity (Wildman–Crippen MR) is 79.9 cm³/mol. The summed E-state index contributed by atoms with van der Waals surface area (Å²) < 4.78 is 5.06. The van der Waals surface area contributed by atoms with Crippen LogP contribution < -0.4 is 5.32 Å². The van der Waals surface area contributed by atoms with Crippen LogP contribution in [0.4, 0.5) is 0 Å². The average Bonchev–Trinajstić information content (AvgIpc) is 2.96. The highest BCUT2D eigenvalue weighted by Crippen LogP contribution is 2.16. The first-order valence-electron chi connectivity index (χ1n) is 7.97. The molecule has 2 saturated heterocycles. The minimum atomic E-state index is 0.0823. The van der Waals surface area contributed by atoms with E-state index >= 15 is 0 Å². The Balaban J connectivity index is 1.62. The largest absolute Gasteiger partial charge is 0.383 e. The zero-order chi connectivity index (χ0) is 15.1. The number of amides is 2. The molecule has 2 heterocycles. The second kappa shape index (κ2) is 8.34. The Bertz CT molecular complexity index is 362. The number of methoxy groups -OCH3 is 1. The van der Waals surface area contributed by atoms with Gasteiger partial charge in [0.05, 0.1) is 12.5 Å². The Hall–Kier alpha value is -1.14. The molecule has 0 aromatic carbocycles. The van der Waals surface area contributed by atoms with Crippen molar-refractivity contribution in [1.29, 1.82) is 0 Å². The highest BCUT2D eigenvalue weighted by atomic mass is 16.5. The van der Waals surface area contributed by atoms with Crippen molar-refractivity contribution in [3.63, 3.8) is 0 Å². The molecule has 2 fully saturated rings. The maximum absolute atomic E-state index is 12.1. The topological polar surface area (TPSA) is 61.9 Å². The molecule has 21 heavy (non-hydrogen) atoms. The first kappa shape index (κ1) is 16.2. The van der Waals surface area contributed by atoms with Crippen molar-refractivity contribution < 1.29 is 14.3 Å². The molecule has 2 amide bonds. The van der Waals surface area contributed by atoms with Crippen molar-refractivity contribution in [2.24, 2.45) is 5.92 Å². The Morgan fingerprint density at radius 3 is 2.95 bits per heavy atom. The summed E-state index contributed by atoms with van der Waals surface area (Å²) in [6.07, 6.45) is 3.65. The van der Waals surface area contributed by atoms with Crippen molar-refractivity contribution in [2.75, 3.05) is 53.0 Å². The van der Waals surface area contributed by atoms with Crippen LogP contribution in [0.1, 0.15) is 25.7 Å². The van der Waals surface area contributed by atoms with Gasteiger partial charge in [0.25, 0.3) is 0 Å². The molecule has 0 radical (unpaired) electrons. The maximum Gasteiger partial charge on any atom is 0.224 e. The van der Waals surface area contributed by atoms with Gasteiger partial charge in [0, 0.05) is 46.3 Å². The lowest BCUT2D eigenvalue weighted by atomic mass is 10.1. The van der Waals surface area contributed by atoms with Gasteiger partial charge in [-0.1, -0.05) is 0 Å². The number of nitrogens with one attached hydrogen (secondary N) is 1. The van der Waals surface area contributed by atoms with E-state index in [1.807, 2.05) is 4.90 Å². The number of nitrogens with zero attached hydrogens (tertiary/aromatic N) is 2. The smallest absolute Gasteiger partial charge is 0.224 e. The summed E-state index contributed by atoms with van der Waals surface area (Å²) in [5.41, 5.74) is 0. The third-order valence-electron chi connectivity index (χ3n) is 4.36. The van der Waals surface area contributed by atoms with Gasteiger partial charge >= 0.3 is 0 Å². The second-order valence-corrected chi connectivity index (χ2v) is 5.91. The Kier molecular flexibility index (Phi) is 6.45. The summed E-state index contributed by atoms with van der Waals surface area (Å²) in [4.78, 5) is 27.9. The molecule has 6 nitrogen and oxygen atoms in total. The number of carbonyl (C=O) groups is 2. The van der Waals surface area contributed by atoms with E-state index in [0.717, 1.165) is 45.4 Å². The zero-order valence-electron chi connectivity index (χ0n) is 13.0. The monoisotopic (exact) mass is 297 g/mol. The van der Waals surface area contributed by atoms with E-state index in [-0.39, 0.29) is 17.7 Å². The van der Waals surface area contributed by atoms with Crippen molar-refractivity contribution in [3.05, 3.63) is 0 Å². The first-order valence-corrected chi connectivity index (χ1v) is 7.97. The van der Waals surface area contributed by atoms with E-state index < -0.39 is 0 Å². The molecule has 0 aromatic heterocycles. The van der Waals surface area contributed by atoms with Crippen LogP contribution in [-0.4, -0.2) is 74.6 Å². The zero-order valence-corrected chi connectivity index (χ0v) is 13.0. The SMILES string of the molecule is COCCN1CCC(C(=O)NCCN2CCCCC2=O)C1. The van der Waals surface area contributed by atoms with E-state index in [4.69, 9.17) is 4.74 Å². The number of likely N-dealkylation sites (tertiary alicyclic amines) is 2. The molecule has 120 valence electrons. The number of piperidine rings is 1. The fraction of sp³-hybridized carbons (Fsp3) is 0.867. The van der Waals surface area contributed by atoms with Crippen LogP contribution in [0.5, 0.6) is 0 Å². The van der Waals surface area contributed by atoms with Gasteiger partial charge < -0.3 is 19.9 Å². The summed E-state index contributed by atoms with van der Waals surface area (Å²) in [5.74, 6) is 0.431. The minimum absolute atomic E-state index is 0.0823. The van der Waals surface area contributed by atoms with Gasteiger partial charge in [-0.2, -0.15) is 0 Å². The molecule has 0 saturated carbocycles. The first-order chi connectivity index (χ1) is 10.2. The number of rotatable bonds is 7.